The lowest BCUT2D eigenvalue weighted by atomic mass is 9.49. The number of aryl methyl sites for hydroxylation is 1. The van der Waals surface area contributed by atoms with E-state index in [9.17, 15) is 4.79 Å². The summed E-state index contributed by atoms with van der Waals surface area (Å²) in [6.07, 6.45) is 10.6. The van der Waals surface area contributed by atoms with Gasteiger partial charge in [-0.2, -0.15) is 0 Å². The van der Waals surface area contributed by atoms with Crippen LogP contribution in [0.2, 0.25) is 0 Å². The highest BCUT2D eigenvalue weighted by atomic mass is 79.9. The second-order valence-electron chi connectivity index (χ2n) is 8.77. The molecule has 2 unspecified atom stereocenters. The predicted octanol–water partition coefficient (Wildman–Crippen LogP) is 5.24. The van der Waals surface area contributed by atoms with Crippen molar-refractivity contribution in [1.29, 1.82) is 0 Å². The van der Waals surface area contributed by atoms with Gasteiger partial charge in [-0.05, 0) is 74.3 Å². The minimum atomic E-state index is -0.200. The molecular weight excluding hydrogens is 422 g/mol. The van der Waals surface area contributed by atoms with Crippen LogP contribution in [0, 0.1) is 17.3 Å². The number of nitrogens with zero attached hydrogens (tertiary/aromatic N) is 2. The van der Waals surface area contributed by atoms with E-state index in [1.165, 1.54) is 19.3 Å². The quantitative estimate of drug-likeness (QED) is 0.654. The number of para-hydroxylation sites is 1. The Labute approximate surface area is 172 Å². The highest BCUT2D eigenvalue weighted by Crippen LogP contribution is 2.64. The molecule has 4 fully saturated rings. The van der Waals surface area contributed by atoms with Gasteiger partial charge in [0.05, 0.1) is 11.1 Å². The first-order chi connectivity index (χ1) is 12.9. The van der Waals surface area contributed by atoms with Gasteiger partial charge in [-0.25, -0.2) is 4.98 Å². The largest absolute Gasteiger partial charge is 0.329 e. The zero-order valence-electron chi connectivity index (χ0n) is 15.5. The smallest absolute Gasteiger partial charge is 0.230 e. The summed E-state index contributed by atoms with van der Waals surface area (Å²) in [5.41, 5.74) is 0.698. The fourth-order valence-electron chi connectivity index (χ4n) is 5.88. The number of hydrogen-bond acceptors (Lipinski definition) is 3. The lowest BCUT2D eigenvalue weighted by molar-refractivity contribution is -0.138. The molecule has 4 saturated carbocycles. The third-order valence-electron chi connectivity index (χ3n) is 6.58. The van der Waals surface area contributed by atoms with E-state index < -0.39 is 0 Å². The lowest BCUT2D eigenvalue weighted by Gasteiger charge is -2.59. The summed E-state index contributed by atoms with van der Waals surface area (Å²) in [5.74, 6) is 1.62. The van der Waals surface area contributed by atoms with Gasteiger partial charge in [0, 0.05) is 28.7 Å². The van der Waals surface area contributed by atoms with E-state index >= 15 is 0 Å². The minimum absolute atomic E-state index is 0.190. The number of halogens is 1. The van der Waals surface area contributed by atoms with E-state index in [0.29, 0.717) is 11.8 Å². The number of hydrogen-bond donors (Lipinski definition) is 1. The van der Waals surface area contributed by atoms with Crippen molar-refractivity contribution in [3.63, 3.8) is 0 Å². The minimum Gasteiger partial charge on any atom is -0.329 e. The number of rotatable bonds is 4. The number of benzene rings is 1. The Morgan fingerprint density at radius 3 is 2.67 bits per heavy atom. The monoisotopic (exact) mass is 445 g/mol. The number of nitrogens with one attached hydrogen (secondary N) is 1. The normalized spacial score (nSPS) is 34.0. The van der Waals surface area contributed by atoms with E-state index in [0.717, 1.165) is 35.0 Å². The van der Waals surface area contributed by atoms with Crippen molar-refractivity contribution < 1.29 is 4.79 Å². The molecule has 0 spiro atoms. The maximum Gasteiger partial charge on any atom is 0.230 e. The zero-order valence-corrected chi connectivity index (χ0v) is 17.9. The summed E-state index contributed by atoms with van der Waals surface area (Å²) in [6, 6.07) is 8.07. The highest BCUT2D eigenvalue weighted by Gasteiger charge is 2.59. The van der Waals surface area contributed by atoms with Crippen LogP contribution in [0.1, 0.15) is 38.5 Å². The Morgan fingerprint density at radius 2 is 2.00 bits per heavy atom. The van der Waals surface area contributed by atoms with Crippen molar-refractivity contribution in [2.24, 2.45) is 24.3 Å². The Balaban J connectivity index is 1.40. The summed E-state index contributed by atoms with van der Waals surface area (Å²) in [5, 5.41) is 4.22. The number of carbonyl (C=O) groups excluding carboxylic acids is 1. The van der Waals surface area contributed by atoms with Gasteiger partial charge >= 0.3 is 0 Å². The van der Waals surface area contributed by atoms with Crippen molar-refractivity contribution in [2.75, 3.05) is 5.32 Å². The molecule has 4 bridgehead atoms. The van der Waals surface area contributed by atoms with Crippen LogP contribution in [0.3, 0.4) is 0 Å². The predicted molar refractivity (Wildman–Crippen MR) is 111 cm³/mol. The number of anilines is 1. The highest BCUT2D eigenvalue weighted by molar-refractivity contribution is 9.10. The van der Waals surface area contributed by atoms with Crippen LogP contribution in [0.25, 0.3) is 0 Å². The molecule has 0 aliphatic heterocycles. The molecule has 4 aliphatic carbocycles. The molecule has 142 valence electrons. The molecule has 6 heteroatoms. The van der Waals surface area contributed by atoms with Gasteiger partial charge in [-0.3, -0.25) is 4.79 Å². The van der Waals surface area contributed by atoms with Crippen molar-refractivity contribution in [1.82, 2.24) is 9.55 Å². The first kappa shape index (κ1) is 17.8. The Kier molecular flexibility index (Phi) is 4.20. The van der Waals surface area contributed by atoms with Crippen LogP contribution >= 0.6 is 27.7 Å². The summed E-state index contributed by atoms with van der Waals surface area (Å²) in [7, 11) is 1.99. The van der Waals surface area contributed by atoms with Crippen LogP contribution in [0.15, 0.2) is 46.7 Å². The number of aromatic nitrogens is 2. The van der Waals surface area contributed by atoms with Gasteiger partial charge in [0.25, 0.3) is 0 Å². The molecule has 2 atom stereocenters. The van der Waals surface area contributed by atoms with E-state index in [4.69, 9.17) is 0 Å². The van der Waals surface area contributed by atoms with Crippen LogP contribution in [-0.4, -0.2) is 19.8 Å². The molecule has 1 aromatic carbocycles. The van der Waals surface area contributed by atoms with Crippen LogP contribution in [0.4, 0.5) is 5.69 Å². The van der Waals surface area contributed by atoms with Crippen molar-refractivity contribution >= 4 is 39.3 Å². The Morgan fingerprint density at radius 1 is 1.26 bits per heavy atom. The molecule has 0 saturated heterocycles. The van der Waals surface area contributed by atoms with Crippen LogP contribution < -0.4 is 5.32 Å². The second-order valence-corrected chi connectivity index (χ2v) is 11.5. The molecular formula is C21H24BrN3OS. The van der Waals surface area contributed by atoms with Gasteiger partial charge < -0.3 is 9.88 Å². The van der Waals surface area contributed by atoms with Crippen molar-refractivity contribution in [3.8, 4) is 0 Å². The van der Waals surface area contributed by atoms with Crippen molar-refractivity contribution in [2.45, 2.75) is 52.9 Å². The first-order valence-corrected chi connectivity index (χ1v) is 11.3. The van der Waals surface area contributed by atoms with E-state index in [1.807, 2.05) is 36.0 Å². The molecule has 1 aromatic heterocycles. The van der Waals surface area contributed by atoms with E-state index in [2.05, 4.69) is 32.3 Å². The molecule has 4 aliphatic rings. The Bertz CT molecular complexity index is 881. The molecule has 4 nitrogen and oxygen atoms in total. The number of alkyl halides is 1. The maximum absolute atomic E-state index is 13.5. The standard InChI is InChI=1S/C21H24BrN3OS/c1-25-7-6-23-19(25)27-17-5-3-2-4-16(17)24-18(26)20-9-14-8-15(10-20)12-21(22,11-14)13-20/h2-7,14-15H,8-13H2,1H3,(H,24,26). The third kappa shape index (κ3) is 3.15. The summed E-state index contributed by atoms with van der Waals surface area (Å²) in [6.45, 7) is 0. The summed E-state index contributed by atoms with van der Waals surface area (Å²) >= 11 is 5.61. The molecule has 1 heterocycles. The van der Waals surface area contributed by atoms with Crippen LogP contribution in [0.5, 0.6) is 0 Å². The van der Waals surface area contributed by atoms with Gasteiger partial charge in [-0.1, -0.05) is 28.1 Å². The fourth-order valence-corrected chi connectivity index (χ4v) is 8.22. The first-order valence-electron chi connectivity index (χ1n) is 9.69. The molecule has 1 N–H and O–H groups in total. The average Bonchev–Trinajstić information content (AvgIpc) is 2.99. The second kappa shape index (κ2) is 6.38. The SMILES string of the molecule is Cn1ccnc1Sc1ccccc1NC(=O)C12CC3CC(CC(Br)(C3)C1)C2. The van der Waals surface area contributed by atoms with Gasteiger partial charge in [0.1, 0.15) is 0 Å². The molecule has 0 radical (unpaired) electrons. The van der Waals surface area contributed by atoms with Gasteiger partial charge in [0.2, 0.25) is 5.91 Å². The topological polar surface area (TPSA) is 46.9 Å². The van der Waals surface area contributed by atoms with E-state index in [-0.39, 0.29) is 15.6 Å². The molecule has 6 rings (SSSR count). The molecule has 1 amide bonds. The molecule has 2 aromatic rings. The fraction of sp³-hybridized carbons (Fsp3) is 0.524. The van der Waals surface area contributed by atoms with Gasteiger partial charge in [0.15, 0.2) is 5.16 Å². The van der Waals surface area contributed by atoms with Crippen molar-refractivity contribution in [3.05, 3.63) is 36.7 Å². The number of amides is 1. The zero-order chi connectivity index (χ0) is 18.6. The van der Waals surface area contributed by atoms with Crippen LogP contribution in [-0.2, 0) is 11.8 Å². The number of imidazole rings is 1. The number of carbonyl (C=O) groups is 1. The lowest BCUT2D eigenvalue weighted by Crippen LogP contribution is -2.57. The Hall–Kier alpha value is -1.27. The maximum atomic E-state index is 13.5. The van der Waals surface area contributed by atoms with E-state index in [1.54, 1.807) is 18.0 Å². The van der Waals surface area contributed by atoms with Gasteiger partial charge in [-0.15, -0.1) is 0 Å². The summed E-state index contributed by atoms with van der Waals surface area (Å²) < 4.78 is 2.19. The summed E-state index contributed by atoms with van der Waals surface area (Å²) in [4.78, 5) is 18.9. The average molecular weight is 446 g/mol. The molecule has 27 heavy (non-hydrogen) atoms. The third-order valence-corrected chi connectivity index (χ3v) is 8.66.